The topological polar surface area (TPSA) is 80.2 Å². The number of nitrogens with zero attached hydrogens (tertiary/aromatic N) is 1. The highest BCUT2D eigenvalue weighted by atomic mass is 16.5. The van der Waals surface area contributed by atoms with Crippen molar-refractivity contribution in [2.45, 2.75) is 19.8 Å². The molecule has 0 aliphatic heterocycles. The number of nitrogens with one attached hydrogen (secondary N) is 1. The van der Waals surface area contributed by atoms with Crippen molar-refractivity contribution in [2.75, 3.05) is 13.7 Å². The lowest BCUT2D eigenvalue weighted by Crippen LogP contribution is -2.24. The highest BCUT2D eigenvalue weighted by molar-refractivity contribution is 5.86. The van der Waals surface area contributed by atoms with Gasteiger partial charge < -0.3 is 14.6 Å². The summed E-state index contributed by atoms with van der Waals surface area (Å²) in [5.41, 5.74) is 3.85. The summed E-state index contributed by atoms with van der Waals surface area (Å²) in [6, 6.07) is 12.6. The van der Waals surface area contributed by atoms with Crippen LogP contribution >= 0.6 is 0 Å². The molecule has 0 saturated heterocycles. The van der Waals surface area contributed by atoms with Crippen molar-refractivity contribution in [3.8, 4) is 17.2 Å². The van der Waals surface area contributed by atoms with Crippen molar-refractivity contribution in [3.63, 3.8) is 0 Å². The largest absolute Gasteiger partial charge is 0.504 e. The molecule has 0 aliphatic carbocycles. The van der Waals surface area contributed by atoms with Crippen LogP contribution < -0.4 is 14.9 Å². The number of hydrogen-bond acceptors (Lipinski definition) is 5. The number of amides is 1. The number of phenolic OH excluding ortho intramolecular Hbond substituents is 1. The fourth-order valence-corrected chi connectivity index (χ4v) is 2.25. The molecule has 0 spiro atoms. The van der Waals surface area contributed by atoms with E-state index in [9.17, 15) is 9.90 Å². The predicted molar refractivity (Wildman–Crippen MR) is 96.4 cm³/mol. The van der Waals surface area contributed by atoms with Gasteiger partial charge in [-0.15, -0.1) is 0 Å². The summed E-state index contributed by atoms with van der Waals surface area (Å²) in [7, 11) is 1.46. The van der Waals surface area contributed by atoms with E-state index in [0.29, 0.717) is 23.0 Å². The first-order valence-corrected chi connectivity index (χ1v) is 7.92. The molecule has 0 saturated carbocycles. The Morgan fingerprint density at radius 1 is 1.20 bits per heavy atom. The van der Waals surface area contributed by atoms with Crippen LogP contribution in [0.5, 0.6) is 17.2 Å². The Morgan fingerprint density at radius 3 is 2.64 bits per heavy atom. The van der Waals surface area contributed by atoms with Crippen molar-refractivity contribution < 1.29 is 19.4 Å². The van der Waals surface area contributed by atoms with Crippen molar-refractivity contribution in [2.24, 2.45) is 5.10 Å². The molecule has 0 bridgehead atoms. The second-order valence-corrected chi connectivity index (χ2v) is 5.67. The fraction of sp³-hybridized carbons (Fsp3) is 0.263. The number of ether oxygens (including phenoxy) is 2. The zero-order chi connectivity index (χ0) is 18.2. The third-order valence-electron chi connectivity index (χ3n) is 3.54. The van der Waals surface area contributed by atoms with E-state index in [0.717, 1.165) is 5.56 Å². The van der Waals surface area contributed by atoms with E-state index >= 15 is 0 Å². The van der Waals surface area contributed by atoms with Crippen molar-refractivity contribution >= 4 is 12.1 Å². The van der Waals surface area contributed by atoms with Gasteiger partial charge in [-0.25, -0.2) is 5.43 Å². The van der Waals surface area contributed by atoms with Crippen LogP contribution in [0.4, 0.5) is 0 Å². The fourth-order valence-electron chi connectivity index (χ4n) is 2.25. The van der Waals surface area contributed by atoms with E-state index in [4.69, 9.17) is 9.47 Å². The molecule has 0 atom stereocenters. The number of hydrogen-bond donors (Lipinski definition) is 2. The molecular formula is C19H22N2O4. The molecule has 132 valence electrons. The Hall–Kier alpha value is -3.02. The second kappa shape index (κ2) is 8.73. The van der Waals surface area contributed by atoms with Crippen LogP contribution in [0.25, 0.3) is 0 Å². The molecule has 0 aromatic heterocycles. The summed E-state index contributed by atoms with van der Waals surface area (Å²) in [5.74, 6) is 0.890. The van der Waals surface area contributed by atoms with Gasteiger partial charge in [0.05, 0.1) is 13.3 Å². The van der Waals surface area contributed by atoms with E-state index in [1.165, 1.54) is 13.3 Å². The van der Waals surface area contributed by atoms with Crippen LogP contribution in [-0.2, 0) is 4.79 Å². The van der Waals surface area contributed by atoms with E-state index in [2.05, 4.69) is 24.4 Å². The first kappa shape index (κ1) is 18.3. The Labute approximate surface area is 147 Å². The van der Waals surface area contributed by atoms with E-state index in [1.807, 2.05) is 24.3 Å². The van der Waals surface area contributed by atoms with E-state index in [1.54, 1.807) is 18.2 Å². The maximum Gasteiger partial charge on any atom is 0.277 e. The Bertz CT molecular complexity index is 757. The zero-order valence-corrected chi connectivity index (χ0v) is 14.5. The summed E-state index contributed by atoms with van der Waals surface area (Å²) in [6.45, 7) is 3.98. The minimum absolute atomic E-state index is 0.0369. The van der Waals surface area contributed by atoms with Crippen LogP contribution in [0.2, 0.25) is 0 Å². The Morgan fingerprint density at radius 2 is 1.92 bits per heavy atom. The minimum atomic E-state index is -0.391. The standard InChI is InChI=1S/C19H22N2O4/c1-13(2)15-8-4-5-9-16(15)25-12-18(22)21-20-11-14-7-6-10-17(24-3)19(14)23/h4-11,13,23H,12H2,1-3H3,(H,21,22)/b20-11+. The number of benzene rings is 2. The quantitative estimate of drug-likeness (QED) is 0.599. The minimum Gasteiger partial charge on any atom is -0.504 e. The third-order valence-corrected chi connectivity index (χ3v) is 3.54. The second-order valence-electron chi connectivity index (χ2n) is 5.67. The summed E-state index contributed by atoms with van der Waals surface area (Å²) >= 11 is 0. The van der Waals surface area contributed by atoms with Crippen molar-refractivity contribution in [1.29, 1.82) is 0 Å². The number of carbonyl (C=O) groups excluding carboxylic acids is 1. The lowest BCUT2D eigenvalue weighted by molar-refractivity contribution is -0.123. The Kier molecular flexibility index (Phi) is 6.39. The molecule has 0 heterocycles. The van der Waals surface area contributed by atoms with Gasteiger partial charge in [-0.1, -0.05) is 38.1 Å². The summed E-state index contributed by atoms with van der Waals surface area (Å²) in [5, 5.41) is 13.8. The van der Waals surface area contributed by atoms with Crippen molar-refractivity contribution in [1.82, 2.24) is 5.43 Å². The van der Waals surface area contributed by atoms with Gasteiger partial charge in [-0.2, -0.15) is 5.10 Å². The molecule has 25 heavy (non-hydrogen) atoms. The Balaban J connectivity index is 1.91. The summed E-state index contributed by atoms with van der Waals surface area (Å²) in [4.78, 5) is 11.9. The van der Waals surface area contributed by atoms with E-state index in [-0.39, 0.29) is 12.4 Å². The van der Waals surface area contributed by atoms with Crippen LogP contribution in [0, 0.1) is 0 Å². The molecule has 2 rings (SSSR count). The van der Waals surface area contributed by atoms with Gasteiger partial charge >= 0.3 is 0 Å². The molecule has 6 nitrogen and oxygen atoms in total. The number of phenols is 1. The van der Waals surface area contributed by atoms with Gasteiger partial charge in [0.25, 0.3) is 5.91 Å². The molecule has 1 amide bonds. The van der Waals surface area contributed by atoms with Gasteiger partial charge in [0, 0.05) is 5.56 Å². The smallest absolute Gasteiger partial charge is 0.277 e. The highest BCUT2D eigenvalue weighted by Crippen LogP contribution is 2.28. The van der Waals surface area contributed by atoms with Crippen LogP contribution in [-0.4, -0.2) is 30.9 Å². The molecule has 0 aliphatic rings. The zero-order valence-electron chi connectivity index (χ0n) is 14.5. The highest BCUT2D eigenvalue weighted by Gasteiger charge is 2.09. The maximum atomic E-state index is 11.9. The van der Waals surface area contributed by atoms with Gasteiger partial charge in [-0.3, -0.25) is 4.79 Å². The van der Waals surface area contributed by atoms with Gasteiger partial charge in [0.1, 0.15) is 5.75 Å². The lowest BCUT2D eigenvalue weighted by atomic mass is 10.0. The number of methoxy groups -OCH3 is 1. The first-order chi connectivity index (χ1) is 12.0. The summed E-state index contributed by atoms with van der Waals surface area (Å²) in [6.07, 6.45) is 1.35. The molecule has 2 aromatic carbocycles. The maximum absolute atomic E-state index is 11.9. The van der Waals surface area contributed by atoms with Gasteiger partial charge in [0.15, 0.2) is 18.1 Å². The number of rotatable bonds is 7. The normalized spacial score (nSPS) is 10.9. The molecular weight excluding hydrogens is 320 g/mol. The summed E-state index contributed by atoms with van der Waals surface area (Å²) < 4.78 is 10.6. The molecule has 2 N–H and O–H groups in total. The van der Waals surface area contributed by atoms with Crippen LogP contribution in [0.1, 0.15) is 30.9 Å². The number of para-hydroxylation sites is 2. The molecule has 0 radical (unpaired) electrons. The monoisotopic (exact) mass is 342 g/mol. The molecule has 0 fully saturated rings. The average molecular weight is 342 g/mol. The average Bonchev–Trinajstić information content (AvgIpc) is 2.61. The SMILES string of the molecule is COc1cccc(/C=N/NC(=O)COc2ccccc2C(C)C)c1O. The predicted octanol–water partition coefficient (Wildman–Crippen LogP) is 3.05. The molecule has 0 unspecified atom stereocenters. The molecule has 6 heteroatoms. The van der Waals surface area contributed by atoms with Crippen LogP contribution in [0.15, 0.2) is 47.6 Å². The van der Waals surface area contributed by atoms with Crippen LogP contribution in [0.3, 0.4) is 0 Å². The van der Waals surface area contributed by atoms with Gasteiger partial charge in [-0.05, 0) is 29.7 Å². The van der Waals surface area contributed by atoms with Gasteiger partial charge in [0.2, 0.25) is 0 Å². The van der Waals surface area contributed by atoms with E-state index < -0.39 is 5.91 Å². The first-order valence-electron chi connectivity index (χ1n) is 7.92. The number of carbonyl (C=O) groups is 1. The number of aromatic hydroxyl groups is 1. The third kappa shape index (κ3) is 4.97. The number of hydrazone groups is 1. The lowest BCUT2D eigenvalue weighted by Gasteiger charge is -2.13. The van der Waals surface area contributed by atoms with Crippen molar-refractivity contribution in [3.05, 3.63) is 53.6 Å². The molecule has 2 aromatic rings.